The molecule has 0 unspecified atom stereocenters. The molecular formula is C26H31FN3O2P. The lowest BCUT2D eigenvalue weighted by atomic mass is 9.73. The topological polar surface area (TPSA) is 74.6 Å². The van der Waals surface area contributed by atoms with Gasteiger partial charge in [0, 0.05) is 22.8 Å². The van der Waals surface area contributed by atoms with Gasteiger partial charge in [0.15, 0.2) is 0 Å². The van der Waals surface area contributed by atoms with Gasteiger partial charge in [-0.25, -0.2) is 9.38 Å². The van der Waals surface area contributed by atoms with E-state index in [0.717, 1.165) is 47.6 Å². The molecule has 0 bridgehead atoms. The highest BCUT2D eigenvalue weighted by molar-refractivity contribution is 7.70. The van der Waals surface area contributed by atoms with Crippen LogP contribution in [0.1, 0.15) is 44.1 Å². The summed E-state index contributed by atoms with van der Waals surface area (Å²) in [6, 6.07) is 14.2. The van der Waals surface area contributed by atoms with Gasteiger partial charge < -0.3 is 4.57 Å². The van der Waals surface area contributed by atoms with E-state index in [9.17, 15) is 14.2 Å². The summed E-state index contributed by atoms with van der Waals surface area (Å²) in [6.45, 7) is 5.58. The molecule has 1 aliphatic carbocycles. The normalized spacial score (nSPS) is 20.6. The minimum absolute atomic E-state index is 0.0608. The van der Waals surface area contributed by atoms with Crippen LogP contribution in [0.25, 0.3) is 10.9 Å². The second-order valence-electron chi connectivity index (χ2n) is 9.44. The first-order valence-corrected chi connectivity index (χ1v) is 14.0. The summed E-state index contributed by atoms with van der Waals surface area (Å²) < 4.78 is 26.1. The number of aromatic nitrogens is 1. The van der Waals surface area contributed by atoms with Crippen LogP contribution in [-0.2, 0) is 4.57 Å². The van der Waals surface area contributed by atoms with Crippen molar-refractivity contribution in [1.82, 2.24) is 10.5 Å². The Kier molecular flexibility index (Phi) is 6.96. The fraction of sp³-hybridized carbons (Fsp3) is 0.385. The summed E-state index contributed by atoms with van der Waals surface area (Å²) in [5, 5.41) is 11.5. The van der Waals surface area contributed by atoms with Gasteiger partial charge >= 0.3 is 0 Å². The van der Waals surface area contributed by atoms with Crippen LogP contribution in [0.2, 0.25) is 0 Å². The summed E-state index contributed by atoms with van der Waals surface area (Å²) in [6.07, 6.45) is 5.81. The molecule has 1 atom stereocenters. The van der Waals surface area contributed by atoms with Crippen molar-refractivity contribution in [3.63, 3.8) is 0 Å². The highest BCUT2D eigenvalue weighted by Gasteiger charge is 2.29. The highest BCUT2D eigenvalue weighted by Crippen LogP contribution is 2.41. The predicted molar refractivity (Wildman–Crippen MR) is 133 cm³/mol. The van der Waals surface area contributed by atoms with Crippen LogP contribution < -0.4 is 10.8 Å². The van der Waals surface area contributed by atoms with Crippen LogP contribution in [-0.4, -0.2) is 29.4 Å². The molecular weight excluding hydrogens is 436 g/mol. The zero-order chi connectivity index (χ0) is 23.6. The Morgan fingerprint density at radius 2 is 1.82 bits per heavy atom. The molecule has 0 radical (unpaired) electrons. The number of aliphatic imine (C=N–C) groups is 1. The van der Waals surface area contributed by atoms with Crippen molar-refractivity contribution in [2.45, 2.75) is 38.5 Å². The summed E-state index contributed by atoms with van der Waals surface area (Å²) in [4.78, 5) is 9.00. The highest BCUT2D eigenvalue weighted by atomic mass is 31.2. The van der Waals surface area contributed by atoms with Gasteiger partial charge in [0.05, 0.1) is 11.2 Å². The molecule has 1 aromatic heterocycles. The summed E-state index contributed by atoms with van der Waals surface area (Å²) in [5.41, 5.74) is 5.03. The predicted octanol–water partition coefficient (Wildman–Crippen LogP) is 6.24. The van der Waals surface area contributed by atoms with E-state index < -0.39 is 7.14 Å². The largest absolute Gasteiger partial charge is 0.319 e. The molecule has 1 aliphatic rings. The van der Waals surface area contributed by atoms with Gasteiger partial charge in [0.2, 0.25) is 0 Å². The number of hydrogen-bond acceptors (Lipinski definition) is 4. The molecule has 33 heavy (non-hydrogen) atoms. The lowest BCUT2D eigenvalue weighted by Crippen LogP contribution is -2.33. The van der Waals surface area contributed by atoms with Crippen LogP contribution in [0, 0.1) is 17.7 Å². The maximum Gasteiger partial charge on any atom is 0.129 e. The molecule has 5 nitrogen and oxygen atoms in total. The van der Waals surface area contributed by atoms with Crippen LogP contribution in [0.15, 0.2) is 59.7 Å². The Morgan fingerprint density at radius 3 is 2.45 bits per heavy atom. The zero-order valence-corrected chi connectivity index (χ0v) is 20.2. The summed E-state index contributed by atoms with van der Waals surface area (Å²) in [5.74, 6) is 1.12. The smallest absolute Gasteiger partial charge is 0.129 e. The van der Waals surface area contributed by atoms with E-state index in [0.29, 0.717) is 17.7 Å². The quantitative estimate of drug-likeness (QED) is 0.202. The van der Waals surface area contributed by atoms with Gasteiger partial charge in [-0.05, 0) is 105 Å². The molecule has 0 saturated heterocycles. The number of halogens is 1. The first-order valence-electron chi connectivity index (χ1n) is 11.4. The maximum atomic E-state index is 13.9. The number of nitrogens with zero attached hydrogens (tertiary/aromatic N) is 2. The third-order valence-corrected chi connectivity index (χ3v) is 8.46. The van der Waals surface area contributed by atoms with E-state index in [1.165, 1.54) is 11.6 Å². The van der Waals surface area contributed by atoms with Crippen LogP contribution in [0.5, 0.6) is 0 Å². The standard InChI is InChI=1S/C26H31FN3O2P/c1-17(26(30-31)29-21-9-11-22(12-10-21)33(2,3)32)18-4-6-19(7-5-18)23-14-15-28-25-13-8-20(27)16-24(23)25/h8-19,31H,4-7H2,1-3H3,(H,29,30)/t17-,18?,19?/m1/s1. The molecule has 3 aromatic rings. The Balaban J connectivity index is 1.46. The van der Waals surface area contributed by atoms with Gasteiger partial charge in [-0.2, -0.15) is 0 Å². The third kappa shape index (κ3) is 5.34. The van der Waals surface area contributed by atoms with E-state index in [4.69, 9.17) is 0 Å². The zero-order valence-electron chi connectivity index (χ0n) is 19.3. The first kappa shape index (κ1) is 23.6. The van der Waals surface area contributed by atoms with Crippen molar-refractivity contribution in [2.24, 2.45) is 16.8 Å². The van der Waals surface area contributed by atoms with E-state index >= 15 is 0 Å². The number of fused-ring (bicyclic) bond motifs is 1. The van der Waals surface area contributed by atoms with Crippen LogP contribution >= 0.6 is 7.14 Å². The fourth-order valence-electron chi connectivity index (χ4n) is 4.90. The van der Waals surface area contributed by atoms with Gasteiger partial charge in [-0.3, -0.25) is 15.7 Å². The van der Waals surface area contributed by atoms with Crippen molar-refractivity contribution < 1.29 is 14.2 Å². The van der Waals surface area contributed by atoms with Crippen molar-refractivity contribution in [2.75, 3.05) is 13.3 Å². The number of nitrogens with one attached hydrogen (secondary N) is 1. The minimum Gasteiger partial charge on any atom is -0.319 e. The summed E-state index contributed by atoms with van der Waals surface area (Å²) >= 11 is 0. The van der Waals surface area contributed by atoms with Gasteiger partial charge in [-0.1, -0.05) is 6.92 Å². The molecule has 0 aliphatic heterocycles. The second kappa shape index (κ2) is 9.74. The molecule has 1 heterocycles. The van der Waals surface area contributed by atoms with E-state index in [1.54, 1.807) is 25.5 Å². The van der Waals surface area contributed by atoms with E-state index in [2.05, 4.69) is 22.4 Å². The Bertz CT molecular complexity index is 1200. The average molecular weight is 468 g/mol. The van der Waals surface area contributed by atoms with E-state index in [-0.39, 0.29) is 11.7 Å². The molecule has 7 heteroatoms. The van der Waals surface area contributed by atoms with Crippen molar-refractivity contribution in [3.8, 4) is 0 Å². The van der Waals surface area contributed by atoms with Crippen molar-refractivity contribution in [1.29, 1.82) is 0 Å². The lowest BCUT2D eigenvalue weighted by Gasteiger charge is -2.33. The van der Waals surface area contributed by atoms with Gasteiger partial charge in [0.1, 0.15) is 18.8 Å². The number of benzene rings is 2. The number of hydroxylamine groups is 1. The van der Waals surface area contributed by atoms with Crippen LogP contribution in [0.3, 0.4) is 0 Å². The first-order chi connectivity index (χ1) is 15.8. The Hall–Kier alpha value is -2.56. The van der Waals surface area contributed by atoms with Crippen LogP contribution in [0.4, 0.5) is 10.1 Å². The fourth-order valence-corrected chi connectivity index (χ4v) is 5.77. The Morgan fingerprint density at radius 1 is 1.12 bits per heavy atom. The molecule has 1 fully saturated rings. The lowest BCUT2D eigenvalue weighted by molar-refractivity contribution is 0.213. The molecule has 0 spiro atoms. The SMILES string of the molecule is C[C@@H](C(=Nc1ccc(P(C)(C)=O)cc1)NO)C1CCC(c2ccnc3ccc(F)cc23)CC1. The molecule has 174 valence electrons. The van der Waals surface area contributed by atoms with Crippen molar-refractivity contribution in [3.05, 3.63) is 66.1 Å². The molecule has 4 rings (SSSR count). The number of hydrogen-bond donors (Lipinski definition) is 2. The van der Waals surface area contributed by atoms with Gasteiger partial charge in [0.25, 0.3) is 0 Å². The molecule has 1 saturated carbocycles. The van der Waals surface area contributed by atoms with Gasteiger partial charge in [-0.15, -0.1) is 0 Å². The third-order valence-electron chi connectivity index (χ3n) is 6.92. The summed E-state index contributed by atoms with van der Waals surface area (Å²) in [7, 11) is -2.31. The number of pyridine rings is 1. The Labute approximate surface area is 194 Å². The van der Waals surface area contributed by atoms with Crippen molar-refractivity contribution >= 4 is 34.9 Å². The van der Waals surface area contributed by atoms with E-state index in [1.807, 2.05) is 36.5 Å². The number of rotatable bonds is 5. The molecule has 2 aromatic carbocycles. The molecule has 0 amide bonds. The number of amidine groups is 1. The second-order valence-corrected chi connectivity index (χ2v) is 12.7. The minimum atomic E-state index is -2.31. The average Bonchev–Trinajstić information content (AvgIpc) is 2.81. The maximum absolute atomic E-state index is 13.9. The molecule has 2 N–H and O–H groups in total. The monoisotopic (exact) mass is 467 g/mol.